The highest BCUT2D eigenvalue weighted by Crippen LogP contribution is 2.39. The van der Waals surface area contributed by atoms with E-state index in [0.717, 1.165) is 11.3 Å². The van der Waals surface area contributed by atoms with Gasteiger partial charge in [-0.05, 0) is 61.0 Å². The van der Waals surface area contributed by atoms with Crippen LogP contribution in [0, 0.1) is 0 Å². The van der Waals surface area contributed by atoms with Crippen LogP contribution in [0.15, 0.2) is 128 Å². The van der Waals surface area contributed by atoms with Gasteiger partial charge in [0, 0.05) is 17.1 Å². The first kappa shape index (κ1) is 20.6. The highest BCUT2D eigenvalue weighted by molar-refractivity contribution is 6.16. The molecule has 1 aromatic heterocycles. The number of rotatable bonds is 3. The molecule has 0 aliphatic heterocycles. The van der Waals surface area contributed by atoms with Crippen LogP contribution in [0.2, 0.25) is 0 Å². The summed E-state index contributed by atoms with van der Waals surface area (Å²) < 4.78 is 0. The highest BCUT2D eigenvalue weighted by atomic mass is 14.7. The maximum absolute atomic E-state index is 5.00. The van der Waals surface area contributed by atoms with Crippen LogP contribution in [0.3, 0.4) is 0 Å². The minimum atomic E-state index is 1.03. The van der Waals surface area contributed by atoms with Gasteiger partial charge >= 0.3 is 0 Å². The molecule has 36 heavy (non-hydrogen) atoms. The van der Waals surface area contributed by atoms with Crippen molar-refractivity contribution in [3.63, 3.8) is 0 Å². The molecule has 1 heteroatoms. The Kier molecular flexibility index (Phi) is 4.85. The molecule has 7 rings (SSSR count). The van der Waals surface area contributed by atoms with E-state index in [-0.39, 0.29) is 0 Å². The quantitative estimate of drug-likeness (QED) is 0.190. The predicted octanol–water partition coefficient (Wildman–Crippen LogP) is 9.53. The van der Waals surface area contributed by atoms with E-state index >= 15 is 0 Å². The first-order chi connectivity index (χ1) is 17.8. The topological polar surface area (TPSA) is 12.9 Å². The van der Waals surface area contributed by atoms with E-state index in [4.69, 9.17) is 4.98 Å². The second-order valence-corrected chi connectivity index (χ2v) is 9.24. The maximum atomic E-state index is 5.00. The Labute approximate surface area is 210 Å². The fourth-order valence-electron chi connectivity index (χ4n) is 5.33. The van der Waals surface area contributed by atoms with Gasteiger partial charge in [0.05, 0.1) is 5.69 Å². The standard InChI is InChI=1S/C35H23N/c1-2-10-30-23-24(13-15-25(30)7-1)14-16-28-19-17-26-8-3-5-11-31(26)33(28)35-34-29(21-22-36-35)20-18-27-9-4-6-12-32(27)34/h1-23H/b16-14-. The largest absolute Gasteiger partial charge is 0.256 e. The van der Waals surface area contributed by atoms with Gasteiger partial charge in [-0.2, -0.15) is 0 Å². The van der Waals surface area contributed by atoms with Gasteiger partial charge in [-0.3, -0.25) is 4.98 Å². The molecule has 168 valence electrons. The van der Waals surface area contributed by atoms with Crippen molar-refractivity contribution in [2.45, 2.75) is 0 Å². The fourth-order valence-corrected chi connectivity index (χ4v) is 5.33. The zero-order valence-electron chi connectivity index (χ0n) is 19.7. The molecule has 0 N–H and O–H groups in total. The van der Waals surface area contributed by atoms with E-state index < -0.39 is 0 Å². The van der Waals surface area contributed by atoms with Gasteiger partial charge in [-0.1, -0.05) is 121 Å². The average molecular weight is 458 g/mol. The number of hydrogen-bond acceptors (Lipinski definition) is 1. The third kappa shape index (κ3) is 3.45. The van der Waals surface area contributed by atoms with E-state index in [1.807, 2.05) is 6.20 Å². The first-order valence-corrected chi connectivity index (χ1v) is 12.3. The van der Waals surface area contributed by atoms with E-state index in [1.54, 1.807) is 0 Å². The van der Waals surface area contributed by atoms with Crippen LogP contribution in [0.1, 0.15) is 11.1 Å². The van der Waals surface area contributed by atoms with Crippen LogP contribution in [0.25, 0.3) is 66.5 Å². The third-order valence-corrected chi connectivity index (χ3v) is 7.08. The molecular formula is C35H23N. The van der Waals surface area contributed by atoms with E-state index in [0.29, 0.717) is 0 Å². The number of nitrogens with zero attached hydrogens (tertiary/aromatic N) is 1. The van der Waals surface area contributed by atoms with Gasteiger partial charge in [0.1, 0.15) is 0 Å². The van der Waals surface area contributed by atoms with Crippen LogP contribution in [-0.2, 0) is 0 Å². The summed E-state index contributed by atoms with van der Waals surface area (Å²) in [6, 6.07) is 43.3. The van der Waals surface area contributed by atoms with Gasteiger partial charge in [0.25, 0.3) is 0 Å². The van der Waals surface area contributed by atoms with Crippen LogP contribution in [0.5, 0.6) is 0 Å². The van der Waals surface area contributed by atoms with E-state index in [2.05, 4.69) is 133 Å². The molecule has 1 heterocycles. The lowest BCUT2D eigenvalue weighted by molar-refractivity contribution is 1.36. The number of aromatic nitrogens is 1. The predicted molar refractivity (Wildman–Crippen MR) is 155 cm³/mol. The lowest BCUT2D eigenvalue weighted by atomic mass is 9.91. The first-order valence-electron chi connectivity index (χ1n) is 12.3. The Morgan fingerprint density at radius 3 is 1.97 bits per heavy atom. The lowest BCUT2D eigenvalue weighted by Crippen LogP contribution is -1.92. The monoisotopic (exact) mass is 457 g/mol. The van der Waals surface area contributed by atoms with Crippen molar-refractivity contribution in [1.29, 1.82) is 0 Å². The maximum Gasteiger partial charge on any atom is 0.0798 e. The Morgan fingerprint density at radius 2 is 1.11 bits per heavy atom. The molecule has 0 unspecified atom stereocenters. The zero-order chi connectivity index (χ0) is 23.9. The molecule has 1 nitrogen and oxygen atoms in total. The van der Waals surface area contributed by atoms with Crippen LogP contribution in [0.4, 0.5) is 0 Å². The molecule has 0 bridgehead atoms. The van der Waals surface area contributed by atoms with Crippen molar-refractivity contribution in [1.82, 2.24) is 4.98 Å². The Morgan fingerprint density at radius 1 is 0.472 bits per heavy atom. The summed E-state index contributed by atoms with van der Waals surface area (Å²) in [4.78, 5) is 5.00. The third-order valence-electron chi connectivity index (χ3n) is 7.08. The second kappa shape index (κ2) is 8.48. The lowest BCUT2D eigenvalue weighted by Gasteiger charge is -2.14. The molecule has 0 aliphatic rings. The summed E-state index contributed by atoms with van der Waals surface area (Å²) in [6.07, 6.45) is 6.38. The summed E-state index contributed by atoms with van der Waals surface area (Å²) in [6.45, 7) is 0. The number of benzene rings is 6. The molecular weight excluding hydrogens is 434 g/mol. The summed E-state index contributed by atoms with van der Waals surface area (Å²) in [5.74, 6) is 0. The second-order valence-electron chi connectivity index (χ2n) is 9.24. The Balaban J connectivity index is 1.49. The smallest absolute Gasteiger partial charge is 0.0798 e. The van der Waals surface area contributed by atoms with Crippen LogP contribution >= 0.6 is 0 Å². The zero-order valence-corrected chi connectivity index (χ0v) is 19.7. The summed E-state index contributed by atoms with van der Waals surface area (Å²) >= 11 is 0. The molecule has 0 spiro atoms. The summed E-state index contributed by atoms with van der Waals surface area (Å²) in [5.41, 5.74) is 4.55. The van der Waals surface area contributed by atoms with Gasteiger partial charge in [0.2, 0.25) is 0 Å². The molecule has 0 atom stereocenters. The van der Waals surface area contributed by atoms with Crippen molar-refractivity contribution < 1.29 is 0 Å². The minimum Gasteiger partial charge on any atom is -0.256 e. The van der Waals surface area contributed by atoms with Gasteiger partial charge in [0.15, 0.2) is 0 Å². The van der Waals surface area contributed by atoms with E-state index in [9.17, 15) is 0 Å². The fraction of sp³-hybridized carbons (Fsp3) is 0. The van der Waals surface area contributed by atoms with Crippen molar-refractivity contribution in [3.8, 4) is 11.3 Å². The normalized spacial score (nSPS) is 11.8. The van der Waals surface area contributed by atoms with Crippen molar-refractivity contribution in [3.05, 3.63) is 139 Å². The number of hydrogen-bond donors (Lipinski definition) is 0. The molecule has 0 amide bonds. The molecule has 0 fully saturated rings. The van der Waals surface area contributed by atoms with Crippen LogP contribution < -0.4 is 0 Å². The van der Waals surface area contributed by atoms with Crippen molar-refractivity contribution in [2.24, 2.45) is 0 Å². The molecule has 0 aliphatic carbocycles. The SMILES string of the molecule is C(=C/c1ccc2ccccc2c1-c1nccc2ccc3ccccc3c12)/c1ccc2ccccc2c1. The minimum absolute atomic E-state index is 1.03. The Bertz CT molecular complexity index is 1940. The Hall–Kier alpha value is -4.75. The highest BCUT2D eigenvalue weighted by Gasteiger charge is 2.15. The molecule has 7 aromatic rings. The number of fused-ring (bicyclic) bond motifs is 5. The van der Waals surface area contributed by atoms with Crippen molar-refractivity contribution in [2.75, 3.05) is 0 Å². The van der Waals surface area contributed by atoms with Gasteiger partial charge in [-0.25, -0.2) is 0 Å². The summed E-state index contributed by atoms with van der Waals surface area (Å²) in [5, 5.41) is 9.81. The summed E-state index contributed by atoms with van der Waals surface area (Å²) in [7, 11) is 0. The number of pyridine rings is 1. The van der Waals surface area contributed by atoms with E-state index in [1.165, 1.54) is 54.2 Å². The molecule has 0 saturated carbocycles. The molecule has 6 aromatic carbocycles. The average Bonchev–Trinajstić information content (AvgIpc) is 2.95. The van der Waals surface area contributed by atoms with Gasteiger partial charge in [-0.15, -0.1) is 0 Å². The van der Waals surface area contributed by atoms with Crippen LogP contribution in [-0.4, -0.2) is 4.98 Å². The molecule has 0 radical (unpaired) electrons. The molecule has 0 saturated heterocycles. The van der Waals surface area contributed by atoms with Gasteiger partial charge < -0.3 is 0 Å². The van der Waals surface area contributed by atoms with Crippen molar-refractivity contribution >= 4 is 55.2 Å².